The number of nitrogens with zero attached hydrogens (tertiary/aromatic N) is 3. The van der Waals surface area contributed by atoms with E-state index in [2.05, 4.69) is 16.9 Å². The molecule has 6 nitrogen and oxygen atoms in total. The maximum Gasteiger partial charge on any atom is 0.337 e. The molecule has 0 aromatic carbocycles. The number of aromatic nitrogens is 2. The Morgan fingerprint density at radius 1 is 1.20 bits per heavy atom. The summed E-state index contributed by atoms with van der Waals surface area (Å²) in [6.45, 7) is 7.02. The summed E-state index contributed by atoms with van der Waals surface area (Å²) in [5, 5.41) is 10.2. The average Bonchev–Trinajstić information content (AvgIpc) is 2.93. The first kappa shape index (κ1) is 17.5. The molecule has 1 aliphatic heterocycles. The second kappa shape index (κ2) is 6.92. The molecule has 1 amide bonds. The summed E-state index contributed by atoms with van der Waals surface area (Å²) in [7, 11) is 0. The number of aromatic carboxylic acids is 1. The normalized spacial score (nSPS) is 17.6. The lowest BCUT2D eigenvalue weighted by Crippen LogP contribution is -2.39. The van der Waals surface area contributed by atoms with E-state index in [1.54, 1.807) is 18.3 Å². The highest BCUT2D eigenvalue weighted by molar-refractivity contribution is 7.11. The number of amides is 1. The second-order valence-corrected chi connectivity index (χ2v) is 7.65. The number of carboxylic acid groups (broad SMARTS) is 1. The minimum atomic E-state index is -1.03. The first-order valence-electron chi connectivity index (χ1n) is 8.31. The van der Waals surface area contributed by atoms with Gasteiger partial charge in [-0.05, 0) is 45.7 Å². The molecule has 3 heterocycles. The number of piperidine rings is 1. The lowest BCUT2D eigenvalue weighted by Gasteiger charge is -2.31. The van der Waals surface area contributed by atoms with Crippen molar-refractivity contribution in [1.29, 1.82) is 0 Å². The van der Waals surface area contributed by atoms with Gasteiger partial charge in [0.25, 0.3) is 5.91 Å². The molecule has 7 heteroatoms. The Bertz CT molecular complexity index is 811. The van der Waals surface area contributed by atoms with Crippen molar-refractivity contribution in [1.82, 2.24) is 14.9 Å². The van der Waals surface area contributed by atoms with Crippen molar-refractivity contribution in [3.63, 3.8) is 0 Å². The summed E-state index contributed by atoms with van der Waals surface area (Å²) in [6, 6.07) is 2.95. The van der Waals surface area contributed by atoms with E-state index in [1.165, 1.54) is 17.0 Å². The first-order chi connectivity index (χ1) is 11.9. The SMILES string of the molecule is Cc1nc(C(=O)N2CCCC(c3nc(C)c(C)s3)C2)ccc1C(=O)O. The number of thiazole rings is 1. The highest BCUT2D eigenvalue weighted by Crippen LogP contribution is 2.31. The number of likely N-dealkylation sites (tertiary alicyclic amines) is 1. The molecule has 1 fully saturated rings. The van der Waals surface area contributed by atoms with Crippen LogP contribution in [0.5, 0.6) is 0 Å². The molecule has 0 bridgehead atoms. The number of pyridine rings is 1. The highest BCUT2D eigenvalue weighted by Gasteiger charge is 2.28. The van der Waals surface area contributed by atoms with Crippen LogP contribution >= 0.6 is 11.3 Å². The molecule has 1 unspecified atom stereocenters. The van der Waals surface area contributed by atoms with Crippen LogP contribution in [0.3, 0.4) is 0 Å². The molecule has 1 atom stereocenters. The van der Waals surface area contributed by atoms with Gasteiger partial charge in [-0.15, -0.1) is 11.3 Å². The fourth-order valence-corrected chi connectivity index (χ4v) is 4.15. The Labute approximate surface area is 150 Å². The van der Waals surface area contributed by atoms with Gasteiger partial charge in [0.05, 0.1) is 22.0 Å². The van der Waals surface area contributed by atoms with Crippen molar-refractivity contribution in [3.05, 3.63) is 44.7 Å². The molecule has 1 N–H and O–H groups in total. The standard InChI is InChI=1S/C18H21N3O3S/c1-10-12(3)25-16(20-10)13-5-4-8-21(9-13)17(22)15-7-6-14(18(23)24)11(2)19-15/h6-7,13H,4-5,8-9H2,1-3H3,(H,23,24). The number of carbonyl (C=O) groups excluding carboxylic acids is 1. The molecule has 1 aliphatic rings. The third kappa shape index (κ3) is 3.56. The zero-order valence-electron chi connectivity index (χ0n) is 14.6. The summed E-state index contributed by atoms with van der Waals surface area (Å²) in [5.41, 5.74) is 1.85. The molecule has 0 radical (unpaired) electrons. The molecule has 0 spiro atoms. The van der Waals surface area contributed by atoms with Crippen LogP contribution in [0, 0.1) is 20.8 Å². The maximum atomic E-state index is 12.8. The van der Waals surface area contributed by atoms with E-state index in [0.717, 1.165) is 23.5 Å². The number of carboxylic acids is 1. The average molecular weight is 359 g/mol. The summed E-state index contributed by atoms with van der Waals surface area (Å²) >= 11 is 1.71. The number of hydrogen-bond acceptors (Lipinski definition) is 5. The van der Waals surface area contributed by atoms with Gasteiger partial charge in [-0.2, -0.15) is 0 Å². The minimum absolute atomic E-state index is 0.127. The van der Waals surface area contributed by atoms with Crippen LogP contribution in [0.2, 0.25) is 0 Å². The monoisotopic (exact) mass is 359 g/mol. The van der Waals surface area contributed by atoms with E-state index in [0.29, 0.717) is 24.5 Å². The van der Waals surface area contributed by atoms with Gasteiger partial charge in [0.1, 0.15) is 5.69 Å². The number of hydrogen-bond donors (Lipinski definition) is 1. The largest absolute Gasteiger partial charge is 0.478 e. The van der Waals surface area contributed by atoms with Crippen molar-refractivity contribution in [3.8, 4) is 0 Å². The second-order valence-electron chi connectivity index (χ2n) is 6.42. The maximum absolute atomic E-state index is 12.8. The van der Waals surface area contributed by atoms with Crippen molar-refractivity contribution in [2.45, 2.75) is 39.5 Å². The van der Waals surface area contributed by atoms with E-state index in [9.17, 15) is 9.59 Å². The Hall–Kier alpha value is -2.28. The van der Waals surface area contributed by atoms with Gasteiger partial charge < -0.3 is 10.0 Å². The Kier molecular flexibility index (Phi) is 4.85. The number of carbonyl (C=O) groups is 2. The quantitative estimate of drug-likeness (QED) is 0.910. The van der Waals surface area contributed by atoms with Crippen LogP contribution in [0.15, 0.2) is 12.1 Å². The third-order valence-electron chi connectivity index (χ3n) is 4.64. The van der Waals surface area contributed by atoms with Gasteiger partial charge in [0.2, 0.25) is 0 Å². The molecule has 1 saturated heterocycles. The van der Waals surface area contributed by atoms with Crippen molar-refractivity contribution in [2.24, 2.45) is 0 Å². The lowest BCUT2D eigenvalue weighted by molar-refractivity contribution is 0.0682. The van der Waals surface area contributed by atoms with Crippen LogP contribution in [-0.4, -0.2) is 44.9 Å². The van der Waals surface area contributed by atoms with E-state index < -0.39 is 5.97 Å². The minimum Gasteiger partial charge on any atom is -0.478 e. The predicted molar refractivity (Wildman–Crippen MR) is 95.4 cm³/mol. The van der Waals surface area contributed by atoms with E-state index >= 15 is 0 Å². The molecule has 2 aromatic rings. The van der Waals surface area contributed by atoms with E-state index in [4.69, 9.17) is 5.11 Å². The lowest BCUT2D eigenvalue weighted by atomic mass is 9.98. The van der Waals surface area contributed by atoms with Crippen LogP contribution in [0.1, 0.15) is 60.9 Å². The Morgan fingerprint density at radius 3 is 2.56 bits per heavy atom. The summed E-state index contributed by atoms with van der Waals surface area (Å²) in [5.74, 6) is -0.916. The zero-order valence-corrected chi connectivity index (χ0v) is 15.4. The molecular formula is C18H21N3O3S. The molecule has 0 aliphatic carbocycles. The highest BCUT2D eigenvalue weighted by atomic mass is 32.1. The van der Waals surface area contributed by atoms with Crippen LogP contribution in [0.4, 0.5) is 0 Å². The Morgan fingerprint density at radius 2 is 1.96 bits per heavy atom. The number of aryl methyl sites for hydroxylation is 3. The smallest absolute Gasteiger partial charge is 0.337 e. The molecule has 3 rings (SSSR count). The molecule has 0 saturated carbocycles. The molecule has 2 aromatic heterocycles. The molecule has 25 heavy (non-hydrogen) atoms. The van der Waals surface area contributed by atoms with E-state index in [1.807, 2.05) is 11.8 Å². The van der Waals surface area contributed by atoms with Gasteiger partial charge in [-0.1, -0.05) is 0 Å². The van der Waals surface area contributed by atoms with Crippen LogP contribution < -0.4 is 0 Å². The summed E-state index contributed by atoms with van der Waals surface area (Å²) in [6.07, 6.45) is 1.96. The van der Waals surface area contributed by atoms with Crippen molar-refractivity contribution in [2.75, 3.05) is 13.1 Å². The van der Waals surface area contributed by atoms with Gasteiger partial charge >= 0.3 is 5.97 Å². The predicted octanol–water partition coefficient (Wildman–Crippen LogP) is 3.18. The van der Waals surface area contributed by atoms with Gasteiger partial charge in [0, 0.05) is 23.9 Å². The fraction of sp³-hybridized carbons (Fsp3) is 0.444. The number of rotatable bonds is 3. The van der Waals surface area contributed by atoms with Gasteiger partial charge in [-0.25, -0.2) is 14.8 Å². The summed E-state index contributed by atoms with van der Waals surface area (Å²) < 4.78 is 0. The van der Waals surface area contributed by atoms with Crippen LogP contribution in [0.25, 0.3) is 0 Å². The molecular weight excluding hydrogens is 338 g/mol. The molecule has 132 valence electrons. The van der Waals surface area contributed by atoms with Gasteiger partial charge in [0.15, 0.2) is 0 Å². The fourth-order valence-electron chi connectivity index (χ4n) is 3.10. The first-order valence-corrected chi connectivity index (χ1v) is 9.12. The summed E-state index contributed by atoms with van der Waals surface area (Å²) in [4.78, 5) is 35.7. The van der Waals surface area contributed by atoms with Gasteiger partial charge in [-0.3, -0.25) is 4.79 Å². The van der Waals surface area contributed by atoms with E-state index in [-0.39, 0.29) is 17.4 Å². The topological polar surface area (TPSA) is 83.4 Å². The van der Waals surface area contributed by atoms with Crippen molar-refractivity contribution < 1.29 is 14.7 Å². The van der Waals surface area contributed by atoms with Crippen molar-refractivity contribution >= 4 is 23.2 Å². The zero-order chi connectivity index (χ0) is 18.1. The van der Waals surface area contributed by atoms with Crippen LogP contribution in [-0.2, 0) is 0 Å². The third-order valence-corrected chi connectivity index (χ3v) is 5.87. The Balaban J connectivity index is 1.78.